The van der Waals surface area contributed by atoms with Gasteiger partial charge in [0.2, 0.25) is 0 Å². The van der Waals surface area contributed by atoms with E-state index in [9.17, 15) is 0 Å². The molecule has 0 aromatic heterocycles. The van der Waals surface area contributed by atoms with E-state index >= 15 is 0 Å². The molecule has 0 spiro atoms. The van der Waals surface area contributed by atoms with Crippen molar-refractivity contribution in [1.82, 2.24) is 0 Å². The van der Waals surface area contributed by atoms with Crippen LogP contribution in [-0.4, -0.2) is 0 Å². The monoisotopic (exact) mass is 298 g/mol. The molecule has 0 unspecified atom stereocenters. The van der Waals surface area contributed by atoms with Gasteiger partial charge in [-0.25, -0.2) is 0 Å². The van der Waals surface area contributed by atoms with E-state index in [1.165, 1.54) is 22.3 Å². The minimum Gasteiger partial charge on any atom is -0.140 e. The maximum Gasteiger partial charge on any atom is 0.0363 e. The van der Waals surface area contributed by atoms with Crippen molar-refractivity contribution in [2.45, 2.75) is 51.0 Å². The molecule has 0 amide bonds. The first-order valence-corrected chi connectivity index (χ1v) is 8.38. The number of aryl methyl sites for hydroxylation is 2. The Bertz CT molecular complexity index is 568. The highest BCUT2D eigenvalue weighted by atomic mass is 32.2. The summed E-state index contributed by atoms with van der Waals surface area (Å²) in [7, 11) is 0. The van der Waals surface area contributed by atoms with Crippen LogP contribution in [0.4, 0.5) is 0 Å². The largest absolute Gasteiger partial charge is 0.140 e. The van der Waals surface area contributed by atoms with Crippen LogP contribution in [0.3, 0.4) is 0 Å². The zero-order chi connectivity index (χ0) is 15.7. The molecule has 0 aliphatic rings. The van der Waals surface area contributed by atoms with Crippen molar-refractivity contribution in [3.63, 3.8) is 0 Å². The van der Waals surface area contributed by atoms with E-state index in [0.29, 0.717) is 0 Å². The Morgan fingerprint density at radius 3 is 1.29 bits per heavy atom. The molecule has 2 aromatic rings. The van der Waals surface area contributed by atoms with Crippen molar-refractivity contribution in [1.29, 1.82) is 0 Å². The third-order valence-corrected chi connectivity index (χ3v) is 5.56. The van der Waals surface area contributed by atoms with Gasteiger partial charge in [0.15, 0.2) is 0 Å². The van der Waals surface area contributed by atoms with Crippen LogP contribution in [0.15, 0.2) is 48.5 Å². The van der Waals surface area contributed by atoms with Crippen molar-refractivity contribution in [3.8, 4) is 0 Å². The second kappa shape index (κ2) is 5.88. The van der Waals surface area contributed by atoms with Gasteiger partial charge in [-0.3, -0.25) is 0 Å². The zero-order valence-electron chi connectivity index (χ0n) is 14.0. The van der Waals surface area contributed by atoms with E-state index in [0.717, 1.165) is 0 Å². The molecule has 0 radical (unpaired) electrons. The number of benzene rings is 2. The highest BCUT2D eigenvalue weighted by molar-refractivity contribution is 8.01. The molecule has 1 heteroatoms. The lowest BCUT2D eigenvalue weighted by Gasteiger charge is -2.37. The topological polar surface area (TPSA) is 0 Å². The Labute approximate surface area is 134 Å². The van der Waals surface area contributed by atoms with Gasteiger partial charge in [-0.2, -0.15) is 0 Å². The first kappa shape index (κ1) is 16.2. The fourth-order valence-electron chi connectivity index (χ4n) is 3.24. The average molecular weight is 298 g/mol. The van der Waals surface area contributed by atoms with Gasteiger partial charge in [0.25, 0.3) is 0 Å². The molecule has 0 fully saturated rings. The van der Waals surface area contributed by atoms with E-state index in [4.69, 9.17) is 0 Å². The highest BCUT2D eigenvalue weighted by Gasteiger charge is 2.33. The van der Waals surface area contributed by atoms with Crippen molar-refractivity contribution in [2.24, 2.45) is 0 Å². The summed E-state index contributed by atoms with van der Waals surface area (Å²) in [6.07, 6.45) is 0. The van der Waals surface area contributed by atoms with Gasteiger partial charge in [-0.1, -0.05) is 48.5 Å². The smallest absolute Gasteiger partial charge is 0.0363 e. The molecule has 0 saturated carbocycles. The van der Waals surface area contributed by atoms with Crippen LogP contribution >= 0.6 is 11.8 Å². The predicted octanol–water partition coefficient (Wildman–Crippen LogP) is 6.21. The number of hydrogen-bond acceptors (Lipinski definition) is 1. The normalized spacial score (nSPS) is 12.5. The van der Waals surface area contributed by atoms with E-state index in [-0.39, 0.29) is 9.49 Å². The van der Waals surface area contributed by atoms with Gasteiger partial charge in [0.1, 0.15) is 0 Å². The van der Waals surface area contributed by atoms with E-state index in [1.807, 2.05) is 11.8 Å². The Morgan fingerprint density at radius 1 is 0.619 bits per heavy atom. The molecule has 2 rings (SSSR count). The molecule has 0 nitrogen and oxygen atoms in total. The first-order valence-electron chi connectivity index (χ1n) is 7.56. The van der Waals surface area contributed by atoms with Crippen LogP contribution < -0.4 is 0 Å². The third kappa shape index (κ3) is 3.52. The molecule has 0 heterocycles. The van der Waals surface area contributed by atoms with Gasteiger partial charge in [-0.05, 0) is 63.8 Å². The summed E-state index contributed by atoms with van der Waals surface area (Å²) in [5.74, 6) is 0. The van der Waals surface area contributed by atoms with Crippen LogP contribution in [0.1, 0.15) is 49.9 Å². The maximum absolute atomic E-state index is 2.33. The summed E-state index contributed by atoms with van der Waals surface area (Å²) in [6.45, 7) is 13.7. The molecule has 112 valence electrons. The van der Waals surface area contributed by atoms with Crippen LogP contribution in [0.2, 0.25) is 0 Å². The molecule has 0 N–H and O–H groups in total. The highest BCUT2D eigenvalue weighted by Crippen LogP contribution is 2.49. The molecule has 0 aliphatic carbocycles. The average Bonchev–Trinajstić information content (AvgIpc) is 2.38. The van der Waals surface area contributed by atoms with Crippen LogP contribution in [0.5, 0.6) is 0 Å². The fraction of sp³-hybridized carbons (Fsp3) is 0.400. The summed E-state index contributed by atoms with van der Waals surface area (Å²) in [6, 6.07) is 17.5. The summed E-state index contributed by atoms with van der Waals surface area (Å²) < 4.78 is 0.161. The maximum atomic E-state index is 2.33. The summed E-state index contributed by atoms with van der Waals surface area (Å²) in [5.41, 5.74) is 5.60. The van der Waals surface area contributed by atoms with Crippen LogP contribution in [0, 0.1) is 13.8 Å². The van der Waals surface area contributed by atoms with Crippen LogP contribution in [-0.2, 0) is 9.49 Å². The lowest BCUT2D eigenvalue weighted by atomic mass is 9.96. The minimum atomic E-state index is 0.0805. The molecule has 21 heavy (non-hydrogen) atoms. The predicted molar refractivity (Wildman–Crippen MR) is 96.0 cm³/mol. The van der Waals surface area contributed by atoms with Crippen molar-refractivity contribution < 1.29 is 0 Å². The van der Waals surface area contributed by atoms with Gasteiger partial charge in [0, 0.05) is 9.49 Å². The van der Waals surface area contributed by atoms with Gasteiger partial charge in [0.05, 0.1) is 0 Å². The molecule has 0 bridgehead atoms. The Hall–Kier alpha value is -1.21. The van der Waals surface area contributed by atoms with Gasteiger partial charge in [-0.15, -0.1) is 11.8 Å². The standard InChI is InChI=1S/C20H26S/c1-15-11-7-9-13-17(15)19(3,4)21-20(5,6)18-14-10-8-12-16(18)2/h7-14H,1-6H3. The Balaban J connectivity index is 2.36. The number of rotatable bonds is 4. The zero-order valence-corrected chi connectivity index (χ0v) is 14.8. The van der Waals surface area contributed by atoms with Crippen molar-refractivity contribution in [3.05, 3.63) is 70.8 Å². The summed E-state index contributed by atoms with van der Waals surface area (Å²) in [5, 5.41) is 0. The van der Waals surface area contributed by atoms with Crippen LogP contribution in [0.25, 0.3) is 0 Å². The Kier molecular flexibility index (Phi) is 4.53. The van der Waals surface area contributed by atoms with Gasteiger partial charge < -0.3 is 0 Å². The van der Waals surface area contributed by atoms with Gasteiger partial charge >= 0.3 is 0 Å². The van der Waals surface area contributed by atoms with Crippen molar-refractivity contribution >= 4 is 11.8 Å². The summed E-state index contributed by atoms with van der Waals surface area (Å²) >= 11 is 2.04. The quantitative estimate of drug-likeness (QED) is 0.647. The second-order valence-electron chi connectivity index (χ2n) is 6.75. The molecule has 0 atom stereocenters. The van der Waals surface area contributed by atoms with Crippen molar-refractivity contribution in [2.75, 3.05) is 0 Å². The molecule has 2 aromatic carbocycles. The third-order valence-electron chi connectivity index (χ3n) is 4.10. The second-order valence-corrected chi connectivity index (χ2v) is 9.00. The SMILES string of the molecule is Cc1ccccc1C(C)(C)SC(C)(C)c1ccccc1C. The van der Waals surface area contributed by atoms with E-state index in [2.05, 4.69) is 90.1 Å². The number of thioether (sulfide) groups is 1. The van der Waals surface area contributed by atoms with E-state index < -0.39 is 0 Å². The molecular formula is C20H26S. The molecule has 0 saturated heterocycles. The fourth-order valence-corrected chi connectivity index (χ4v) is 5.20. The minimum absolute atomic E-state index is 0.0805. The number of hydrogen-bond donors (Lipinski definition) is 0. The molecule has 0 aliphatic heterocycles. The summed E-state index contributed by atoms with van der Waals surface area (Å²) in [4.78, 5) is 0. The molecular weight excluding hydrogens is 272 g/mol. The Morgan fingerprint density at radius 2 is 0.952 bits per heavy atom. The van der Waals surface area contributed by atoms with E-state index in [1.54, 1.807) is 0 Å². The lowest BCUT2D eigenvalue weighted by molar-refractivity contribution is 0.710. The lowest BCUT2D eigenvalue weighted by Crippen LogP contribution is -2.24. The first-order chi connectivity index (χ1) is 9.74.